The molecule has 2 atom stereocenters. The Bertz CT molecular complexity index is 240. The molecule has 72 valence electrons. The number of fused-ring (bicyclic) bond motifs is 2. The van der Waals surface area contributed by atoms with Crippen LogP contribution >= 0.6 is 0 Å². The van der Waals surface area contributed by atoms with E-state index in [4.69, 9.17) is 0 Å². The Morgan fingerprint density at radius 1 is 1.46 bits per heavy atom. The Morgan fingerprint density at radius 3 is 3.00 bits per heavy atom. The lowest BCUT2D eigenvalue weighted by Crippen LogP contribution is -2.21. The molecule has 2 bridgehead atoms. The smallest absolute Gasteiger partial charge is 0.146 e. The molecule has 0 aromatic carbocycles. The molecule has 0 unspecified atom stereocenters. The van der Waals surface area contributed by atoms with E-state index in [-0.39, 0.29) is 0 Å². The van der Waals surface area contributed by atoms with Gasteiger partial charge in [0.2, 0.25) is 0 Å². The molecular weight excluding hydrogens is 160 g/mol. The van der Waals surface area contributed by atoms with Crippen LogP contribution in [-0.2, 0) is 4.79 Å². The van der Waals surface area contributed by atoms with E-state index in [1.54, 1.807) is 0 Å². The van der Waals surface area contributed by atoms with E-state index in [1.807, 2.05) is 0 Å². The number of hydrogen-bond donors (Lipinski definition) is 0. The Morgan fingerprint density at radius 2 is 2.31 bits per heavy atom. The van der Waals surface area contributed by atoms with Crippen LogP contribution in [0.5, 0.6) is 0 Å². The summed E-state index contributed by atoms with van der Waals surface area (Å²) in [5.41, 5.74) is 1.47. The molecule has 0 aromatic rings. The molecule has 13 heavy (non-hydrogen) atoms. The molecule has 1 fully saturated rings. The fraction of sp³-hybridized carbons (Fsp3) is 0.750. The maximum Gasteiger partial charge on any atom is 0.146 e. The number of carbonyl (C=O) groups excluding carboxylic acids is 1. The van der Waals surface area contributed by atoms with E-state index < -0.39 is 0 Å². The number of hydrogen-bond acceptors (Lipinski definition) is 1. The van der Waals surface area contributed by atoms with Crippen molar-refractivity contribution >= 4 is 5.78 Å². The second-order valence-corrected chi connectivity index (χ2v) is 4.34. The van der Waals surface area contributed by atoms with Gasteiger partial charge in [0, 0.05) is 11.8 Å². The topological polar surface area (TPSA) is 17.1 Å². The standard InChI is InChI=1S/C12H18O/c1-2-3-5-9-8-10-6-4-7-11(9)12(10)13/h8,10-11H,2-7H2,1H3/t10-,11-/m1/s1. The summed E-state index contributed by atoms with van der Waals surface area (Å²) in [7, 11) is 0. The Balaban J connectivity index is 2.04. The highest BCUT2D eigenvalue weighted by atomic mass is 16.1. The first-order chi connectivity index (χ1) is 6.33. The van der Waals surface area contributed by atoms with Crippen LogP contribution in [-0.4, -0.2) is 5.78 Å². The molecule has 0 saturated heterocycles. The van der Waals surface area contributed by atoms with Crippen LogP contribution in [0, 0.1) is 11.8 Å². The van der Waals surface area contributed by atoms with Crippen molar-refractivity contribution in [3.8, 4) is 0 Å². The molecule has 0 spiro atoms. The minimum Gasteiger partial charge on any atom is -0.298 e. The van der Waals surface area contributed by atoms with Crippen LogP contribution < -0.4 is 0 Å². The van der Waals surface area contributed by atoms with Gasteiger partial charge in [0.1, 0.15) is 5.78 Å². The summed E-state index contributed by atoms with van der Waals surface area (Å²) < 4.78 is 0. The van der Waals surface area contributed by atoms with Gasteiger partial charge in [-0.2, -0.15) is 0 Å². The third-order valence-corrected chi connectivity index (χ3v) is 3.40. The molecule has 1 saturated carbocycles. The predicted molar refractivity (Wildman–Crippen MR) is 53.4 cm³/mol. The molecular formula is C12H18O. The van der Waals surface area contributed by atoms with Crippen molar-refractivity contribution < 1.29 is 4.79 Å². The molecule has 2 aliphatic carbocycles. The normalized spacial score (nSPS) is 32.1. The van der Waals surface area contributed by atoms with Gasteiger partial charge in [-0.1, -0.05) is 31.4 Å². The number of ketones is 1. The highest BCUT2D eigenvalue weighted by Crippen LogP contribution is 2.40. The van der Waals surface area contributed by atoms with Crippen molar-refractivity contribution in [3.63, 3.8) is 0 Å². The van der Waals surface area contributed by atoms with Crippen molar-refractivity contribution in [1.82, 2.24) is 0 Å². The quantitative estimate of drug-likeness (QED) is 0.607. The maximum atomic E-state index is 11.7. The van der Waals surface area contributed by atoms with Crippen LogP contribution in [0.25, 0.3) is 0 Å². The zero-order chi connectivity index (χ0) is 9.26. The van der Waals surface area contributed by atoms with Crippen LogP contribution in [0.2, 0.25) is 0 Å². The third kappa shape index (κ3) is 1.56. The minimum absolute atomic E-state index is 0.311. The van der Waals surface area contributed by atoms with Gasteiger partial charge in [-0.25, -0.2) is 0 Å². The van der Waals surface area contributed by atoms with Gasteiger partial charge in [-0.05, 0) is 25.7 Å². The highest BCUT2D eigenvalue weighted by Gasteiger charge is 2.37. The van der Waals surface area contributed by atoms with Crippen molar-refractivity contribution in [3.05, 3.63) is 11.6 Å². The van der Waals surface area contributed by atoms with Gasteiger partial charge in [0.25, 0.3) is 0 Å². The van der Waals surface area contributed by atoms with E-state index in [0.717, 1.165) is 12.8 Å². The van der Waals surface area contributed by atoms with Crippen molar-refractivity contribution in [2.24, 2.45) is 11.8 Å². The monoisotopic (exact) mass is 178 g/mol. The Hall–Kier alpha value is -0.590. The Kier molecular flexibility index (Phi) is 2.52. The number of Topliss-reactive ketones (excluding diaryl/α,β-unsaturated/α-hetero) is 1. The number of allylic oxidation sites excluding steroid dienone is 2. The fourth-order valence-corrected chi connectivity index (χ4v) is 2.63. The number of carbonyl (C=O) groups is 1. The minimum atomic E-state index is 0.311. The highest BCUT2D eigenvalue weighted by molar-refractivity contribution is 5.91. The molecule has 1 nitrogen and oxygen atoms in total. The average molecular weight is 178 g/mol. The van der Waals surface area contributed by atoms with E-state index >= 15 is 0 Å². The molecule has 0 radical (unpaired) electrons. The zero-order valence-corrected chi connectivity index (χ0v) is 8.38. The van der Waals surface area contributed by atoms with E-state index in [9.17, 15) is 4.79 Å². The molecule has 0 amide bonds. The number of unbranched alkanes of at least 4 members (excludes halogenated alkanes) is 1. The summed E-state index contributed by atoms with van der Waals surface area (Å²) in [4.78, 5) is 11.7. The van der Waals surface area contributed by atoms with Crippen LogP contribution in [0.1, 0.15) is 45.4 Å². The lowest BCUT2D eigenvalue weighted by atomic mass is 9.84. The molecule has 2 rings (SSSR count). The summed E-state index contributed by atoms with van der Waals surface area (Å²) >= 11 is 0. The third-order valence-electron chi connectivity index (χ3n) is 3.40. The van der Waals surface area contributed by atoms with E-state index in [2.05, 4.69) is 13.0 Å². The van der Waals surface area contributed by atoms with Crippen LogP contribution in [0.4, 0.5) is 0 Å². The SMILES string of the molecule is CCCCC1=C[C@H]2CCC[C@H]1C2=O. The summed E-state index contributed by atoms with van der Waals surface area (Å²) in [6, 6.07) is 0. The fourth-order valence-electron chi connectivity index (χ4n) is 2.63. The van der Waals surface area contributed by atoms with Gasteiger partial charge in [0.05, 0.1) is 0 Å². The van der Waals surface area contributed by atoms with Gasteiger partial charge < -0.3 is 0 Å². The molecule has 0 heterocycles. The molecule has 0 N–H and O–H groups in total. The van der Waals surface area contributed by atoms with Gasteiger partial charge in [0.15, 0.2) is 0 Å². The lowest BCUT2D eigenvalue weighted by Gasteiger charge is -2.19. The molecule has 0 aromatic heterocycles. The number of rotatable bonds is 3. The largest absolute Gasteiger partial charge is 0.298 e. The summed E-state index contributed by atoms with van der Waals surface area (Å²) in [5, 5.41) is 0. The van der Waals surface area contributed by atoms with Gasteiger partial charge in [-0.15, -0.1) is 0 Å². The van der Waals surface area contributed by atoms with Crippen LogP contribution in [0.3, 0.4) is 0 Å². The second kappa shape index (κ2) is 3.65. The first-order valence-corrected chi connectivity index (χ1v) is 5.57. The van der Waals surface area contributed by atoms with Gasteiger partial charge >= 0.3 is 0 Å². The second-order valence-electron chi connectivity index (χ2n) is 4.34. The lowest BCUT2D eigenvalue weighted by molar-refractivity contribution is -0.125. The average Bonchev–Trinajstić information content (AvgIpc) is 2.37. The maximum absolute atomic E-state index is 11.7. The summed E-state index contributed by atoms with van der Waals surface area (Å²) in [6.45, 7) is 2.21. The van der Waals surface area contributed by atoms with Gasteiger partial charge in [-0.3, -0.25) is 4.79 Å². The molecule has 1 heteroatoms. The van der Waals surface area contributed by atoms with Crippen molar-refractivity contribution in [2.45, 2.75) is 45.4 Å². The predicted octanol–water partition coefficient (Wildman–Crippen LogP) is 3.10. The summed E-state index contributed by atoms with van der Waals surface area (Å²) in [5.74, 6) is 1.17. The molecule has 2 aliphatic rings. The van der Waals surface area contributed by atoms with Crippen molar-refractivity contribution in [1.29, 1.82) is 0 Å². The summed E-state index contributed by atoms with van der Waals surface area (Å²) in [6.07, 6.45) is 9.44. The van der Waals surface area contributed by atoms with Crippen molar-refractivity contribution in [2.75, 3.05) is 0 Å². The first-order valence-electron chi connectivity index (χ1n) is 5.57. The zero-order valence-electron chi connectivity index (χ0n) is 8.38. The molecule has 0 aliphatic heterocycles. The van der Waals surface area contributed by atoms with E-state index in [1.165, 1.54) is 31.3 Å². The first kappa shape index (κ1) is 8.98. The Labute approximate surface area is 80.2 Å². The van der Waals surface area contributed by atoms with E-state index in [0.29, 0.717) is 17.6 Å². The van der Waals surface area contributed by atoms with Crippen LogP contribution in [0.15, 0.2) is 11.6 Å².